The molecule has 0 spiro atoms. The van der Waals surface area contributed by atoms with Crippen LogP contribution in [0.15, 0.2) is 24.4 Å². The third-order valence-electron chi connectivity index (χ3n) is 5.21. The lowest BCUT2D eigenvalue weighted by Gasteiger charge is -2.35. The minimum Gasteiger partial charge on any atom is -0.369 e. The minimum atomic E-state index is -0.214. The van der Waals surface area contributed by atoms with Crippen LogP contribution in [0.3, 0.4) is 0 Å². The Hall–Kier alpha value is -2.15. The number of carbonyl (C=O) groups is 2. The van der Waals surface area contributed by atoms with Gasteiger partial charge in [0.1, 0.15) is 5.82 Å². The van der Waals surface area contributed by atoms with Crippen molar-refractivity contribution in [3.63, 3.8) is 0 Å². The normalized spacial score (nSPS) is 20.4. The second-order valence-corrected chi connectivity index (χ2v) is 6.97. The molecule has 2 fully saturated rings. The summed E-state index contributed by atoms with van der Waals surface area (Å²) >= 11 is 0. The largest absolute Gasteiger partial charge is 0.369 e. The molecule has 3 N–H and O–H groups in total. The molecule has 1 aromatic heterocycles. The Balaban J connectivity index is 1.39. The quantitative estimate of drug-likeness (QED) is 0.819. The van der Waals surface area contributed by atoms with Gasteiger partial charge in [-0.3, -0.25) is 14.5 Å². The van der Waals surface area contributed by atoms with Crippen LogP contribution < -0.4 is 11.1 Å². The van der Waals surface area contributed by atoms with Crippen molar-refractivity contribution in [3.8, 4) is 0 Å². The number of carbonyl (C=O) groups excluding carboxylic acids is 2. The monoisotopic (exact) mass is 345 g/mol. The number of pyridine rings is 1. The highest BCUT2D eigenvalue weighted by atomic mass is 16.2. The topological polar surface area (TPSA) is 91.6 Å². The smallest absolute Gasteiger partial charge is 0.236 e. The van der Waals surface area contributed by atoms with E-state index in [1.807, 2.05) is 23.1 Å². The number of hydrogen-bond acceptors (Lipinski definition) is 5. The second kappa shape index (κ2) is 8.29. The van der Waals surface area contributed by atoms with E-state index >= 15 is 0 Å². The molecule has 3 rings (SSSR count). The number of nitrogens with one attached hydrogen (secondary N) is 1. The van der Waals surface area contributed by atoms with Crippen molar-refractivity contribution in [2.45, 2.75) is 31.7 Å². The molecule has 2 amide bonds. The molecule has 0 unspecified atom stereocenters. The first-order valence-corrected chi connectivity index (χ1v) is 9.09. The molecular formula is C18H27N5O2. The number of piperidine rings is 2. The number of hydrogen-bond donors (Lipinski definition) is 2. The number of aromatic nitrogens is 1. The molecule has 0 saturated carbocycles. The van der Waals surface area contributed by atoms with Crippen molar-refractivity contribution in [1.29, 1.82) is 0 Å². The number of amides is 2. The van der Waals surface area contributed by atoms with Gasteiger partial charge in [0.25, 0.3) is 0 Å². The van der Waals surface area contributed by atoms with Crippen LogP contribution in [0, 0.1) is 5.92 Å². The molecule has 136 valence electrons. The molecule has 3 heterocycles. The van der Waals surface area contributed by atoms with Gasteiger partial charge < -0.3 is 16.0 Å². The van der Waals surface area contributed by atoms with Gasteiger partial charge in [0.15, 0.2) is 0 Å². The van der Waals surface area contributed by atoms with Crippen molar-refractivity contribution >= 4 is 17.6 Å². The Morgan fingerprint density at radius 2 is 1.84 bits per heavy atom. The van der Waals surface area contributed by atoms with E-state index in [-0.39, 0.29) is 17.7 Å². The van der Waals surface area contributed by atoms with Crippen molar-refractivity contribution < 1.29 is 9.59 Å². The third kappa shape index (κ3) is 4.92. The van der Waals surface area contributed by atoms with Crippen LogP contribution in [0.2, 0.25) is 0 Å². The van der Waals surface area contributed by atoms with Crippen LogP contribution >= 0.6 is 0 Å². The van der Waals surface area contributed by atoms with Crippen LogP contribution in [0.25, 0.3) is 0 Å². The SMILES string of the molecule is NC(=O)C1CCN(CC(=O)N2CCC(Nc3ccccn3)CC2)CC1. The summed E-state index contributed by atoms with van der Waals surface area (Å²) in [6, 6.07) is 6.20. The van der Waals surface area contributed by atoms with E-state index in [0.717, 1.165) is 57.7 Å². The number of primary amides is 1. The highest BCUT2D eigenvalue weighted by Gasteiger charge is 2.27. The lowest BCUT2D eigenvalue weighted by atomic mass is 9.96. The Morgan fingerprint density at radius 1 is 1.12 bits per heavy atom. The van der Waals surface area contributed by atoms with Gasteiger partial charge in [-0.05, 0) is 50.9 Å². The molecule has 7 heteroatoms. The second-order valence-electron chi connectivity index (χ2n) is 6.97. The number of nitrogens with two attached hydrogens (primary N) is 1. The molecule has 1 aromatic rings. The van der Waals surface area contributed by atoms with E-state index < -0.39 is 0 Å². The summed E-state index contributed by atoms with van der Waals surface area (Å²) in [5, 5.41) is 3.43. The summed E-state index contributed by atoms with van der Waals surface area (Å²) in [5.74, 6) is 0.839. The van der Waals surface area contributed by atoms with E-state index in [4.69, 9.17) is 5.73 Å². The molecule has 7 nitrogen and oxygen atoms in total. The number of anilines is 1. The zero-order chi connectivity index (χ0) is 17.6. The van der Waals surface area contributed by atoms with Crippen molar-refractivity contribution in [1.82, 2.24) is 14.8 Å². The Labute approximate surface area is 148 Å². The predicted molar refractivity (Wildman–Crippen MR) is 95.8 cm³/mol. The van der Waals surface area contributed by atoms with E-state index in [2.05, 4.69) is 15.2 Å². The van der Waals surface area contributed by atoms with Gasteiger partial charge in [-0.2, -0.15) is 0 Å². The highest BCUT2D eigenvalue weighted by molar-refractivity contribution is 5.79. The van der Waals surface area contributed by atoms with Crippen LogP contribution in [-0.4, -0.2) is 65.4 Å². The predicted octanol–water partition coefficient (Wildman–Crippen LogP) is 0.682. The van der Waals surface area contributed by atoms with Crippen LogP contribution in [0.4, 0.5) is 5.82 Å². The molecule has 2 aliphatic rings. The van der Waals surface area contributed by atoms with Gasteiger partial charge >= 0.3 is 0 Å². The van der Waals surface area contributed by atoms with E-state index in [1.165, 1.54) is 0 Å². The van der Waals surface area contributed by atoms with Gasteiger partial charge in [0, 0.05) is 31.2 Å². The first kappa shape index (κ1) is 17.7. The maximum absolute atomic E-state index is 12.5. The van der Waals surface area contributed by atoms with Crippen LogP contribution in [0.1, 0.15) is 25.7 Å². The zero-order valence-electron chi connectivity index (χ0n) is 14.6. The molecule has 0 bridgehead atoms. The maximum Gasteiger partial charge on any atom is 0.236 e. The van der Waals surface area contributed by atoms with Crippen LogP contribution in [0.5, 0.6) is 0 Å². The Kier molecular flexibility index (Phi) is 5.86. The Morgan fingerprint density at radius 3 is 2.44 bits per heavy atom. The van der Waals surface area contributed by atoms with Crippen molar-refractivity contribution in [2.24, 2.45) is 11.7 Å². The average molecular weight is 345 g/mol. The number of rotatable bonds is 5. The molecule has 2 aliphatic heterocycles. The van der Waals surface area contributed by atoms with Gasteiger partial charge in [0.2, 0.25) is 11.8 Å². The molecule has 0 aliphatic carbocycles. The van der Waals surface area contributed by atoms with E-state index in [1.54, 1.807) is 6.20 Å². The third-order valence-corrected chi connectivity index (χ3v) is 5.21. The van der Waals surface area contributed by atoms with Crippen molar-refractivity contribution in [3.05, 3.63) is 24.4 Å². The van der Waals surface area contributed by atoms with Gasteiger partial charge in [0.05, 0.1) is 6.54 Å². The first-order valence-electron chi connectivity index (χ1n) is 9.09. The molecule has 0 aromatic carbocycles. The van der Waals surface area contributed by atoms with Crippen LogP contribution in [-0.2, 0) is 9.59 Å². The number of nitrogens with zero attached hydrogens (tertiary/aromatic N) is 3. The fraction of sp³-hybridized carbons (Fsp3) is 0.611. The number of likely N-dealkylation sites (tertiary alicyclic amines) is 2. The molecule has 2 saturated heterocycles. The fourth-order valence-electron chi connectivity index (χ4n) is 3.60. The van der Waals surface area contributed by atoms with Gasteiger partial charge in [-0.1, -0.05) is 6.07 Å². The average Bonchev–Trinajstić information content (AvgIpc) is 2.63. The highest BCUT2D eigenvalue weighted by Crippen LogP contribution is 2.18. The lowest BCUT2D eigenvalue weighted by molar-refractivity contribution is -0.133. The lowest BCUT2D eigenvalue weighted by Crippen LogP contribution is -2.48. The minimum absolute atomic E-state index is 0.0280. The summed E-state index contributed by atoms with van der Waals surface area (Å²) in [5.41, 5.74) is 5.36. The molecular weight excluding hydrogens is 318 g/mol. The fourth-order valence-corrected chi connectivity index (χ4v) is 3.60. The van der Waals surface area contributed by atoms with Gasteiger partial charge in [-0.25, -0.2) is 4.98 Å². The molecule has 0 radical (unpaired) electrons. The summed E-state index contributed by atoms with van der Waals surface area (Å²) in [6.07, 6.45) is 5.18. The summed E-state index contributed by atoms with van der Waals surface area (Å²) in [7, 11) is 0. The molecule has 25 heavy (non-hydrogen) atoms. The molecule has 0 atom stereocenters. The summed E-state index contributed by atoms with van der Waals surface area (Å²) < 4.78 is 0. The maximum atomic E-state index is 12.5. The first-order chi connectivity index (χ1) is 12.1. The van der Waals surface area contributed by atoms with E-state index in [9.17, 15) is 9.59 Å². The Bertz CT molecular complexity index is 578. The zero-order valence-corrected chi connectivity index (χ0v) is 14.6. The van der Waals surface area contributed by atoms with Gasteiger partial charge in [-0.15, -0.1) is 0 Å². The summed E-state index contributed by atoms with van der Waals surface area (Å²) in [6.45, 7) is 3.56. The van der Waals surface area contributed by atoms with Crippen molar-refractivity contribution in [2.75, 3.05) is 38.0 Å². The standard InChI is InChI=1S/C18H27N5O2/c19-18(25)14-4-9-22(10-5-14)13-17(24)23-11-6-15(7-12-23)21-16-3-1-2-8-20-16/h1-3,8,14-15H,4-7,9-13H2,(H2,19,25)(H,20,21). The summed E-state index contributed by atoms with van der Waals surface area (Å²) in [4.78, 5) is 32.1. The van der Waals surface area contributed by atoms with E-state index in [0.29, 0.717) is 12.6 Å².